The lowest BCUT2D eigenvalue weighted by Gasteiger charge is -2.30. The first-order valence-corrected chi connectivity index (χ1v) is 6.85. The normalized spacial score (nSPS) is 18.1. The van der Waals surface area contributed by atoms with Crippen molar-refractivity contribution >= 4 is 11.5 Å². The zero-order valence-electron chi connectivity index (χ0n) is 11.8. The van der Waals surface area contributed by atoms with Gasteiger partial charge in [-0.15, -0.1) is 0 Å². The fraction of sp³-hybridized carbons (Fsp3) is 0.400. The molecule has 1 aliphatic carbocycles. The molecule has 1 atom stereocenters. The molecule has 0 radical (unpaired) electrons. The van der Waals surface area contributed by atoms with Crippen LogP contribution in [0.4, 0.5) is 27.6 Å². The molecule has 1 aliphatic rings. The summed E-state index contributed by atoms with van der Waals surface area (Å²) in [6.07, 6.45) is -8.96. The summed E-state index contributed by atoms with van der Waals surface area (Å²) in [6, 6.07) is 8.09. The molecule has 2 N–H and O–H groups in total. The van der Waals surface area contributed by atoms with E-state index in [9.17, 15) is 31.9 Å². The molecule has 0 aliphatic heterocycles. The average Bonchev–Trinajstić information content (AvgIpc) is 2.46. The maximum absolute atomic E-state index is 13.4. The van der Waals surface area contributed by atoms with Crippen LogP contribution in [0.15, 0.2) is 41.6 Å². The van der Waals surface area contributed by atoms with Gasteiger partial charge >= 0.3 is 12.1 Å². The Labute approximate surface area is 128 Å². The number of alkyl halides is 5. The maximum atomic E-state index is 13.4. The van der Waals surface area contributed by atoms with Crippen LogP contribution in [-0.4, -0.2) is 29.1 Å². The van der Waals surface area contributed by atoms with Gasteiger partial charge in [0.15, 0.2) is 11.9 Å². The number of aliphatic hydroxyl groups is 1. The second-order valence-corrected chi connectivity index (χ2v) is 5.18. The van der Waals surface area contributed by atoms with Gasteiger partial charge in [0.05, 0.1) is 0 Å². The van der Waals surface area contributed by atoms with Crippen molar-refractivity contribution in [1.82, 2.24) is 0 Å². The summed E-state index contributed by atoms with van der Waals surface area (Å²) >= 11 is 0. The summed E-state index contributed by atoms with van der Waals surface area (Å²) in [6.45, 7) is 0. The van der Waals surface area contributed by atoms with Crippen molar-refractivity contribution in [2.75, 3.05) is 5.32 Å². The molecular weight excluding hydrogens is 321 g/mol. The lowest BCUT2D eigenvalue weighted by molar-refractivity contribution is -0.306. The predicted octanol–water partition coefficient (Wildman–Crippen LogP) is 3.66. The zero-order valence-corrected chi connectivity index (χ0v) is 11.8. The van der Waals surface area contributed by atoms with Gasteiger partial charge in [0.25, 0.3) is 0 Å². The average molecular weight is 335 g/mol. The highest BCUT2D eigenvalue weighted by molar-refractivity contribution is 5.98. The van der Waals surface area contributed by atoms with Crippen LogP contribution in [0.3, 0.4) is 0 Å². The molecule has 23 heavy (non-hydrogen) atoms. The fourth-order valence-corrected chi connectivity index (χ4v) is 2.34. The first-order chi connectivity index (χ1) is 10.6. The van der Waals surface area contributed by atoms with E-state index < -0.39 is 29.6 Å². The lowest BCUT2D eigenvalue weighted by atomic mass is 9.88. The molecule has 1 unspecified atom stereocenters. The molecule has 0 amide bonds. The maximum Gasteiger partial charge on any atom is 0.456 e. The number of Topliss-reactive ketones (excluding diaryl/α,β-unsaturated/α-hetero) is 1. The van der Waals surface area contributed by atoms with E-state index in [4.69, 9.17) is 0 Å². The second kappa shape index (κ2) is 6.27. The van der Waals surface area contributed by atoms with Crippen LogP contribution in [0.2, 0.25) is 0 Å². The highest BCUT2D eigenvalue weighted by Gasteiger charge is 2.64. The molecule has 0 aromatic heterocycles. The van der Waals surface area contributed by atoms with Gasteiger partial charge in [0.2, 0.25) is 0 Å². The van der Waals surface area contributed by atoms with Gasteiger partial charge in [-0.05, 0) is 25.0 Å². The van der Waals surface area contributed by atoms with Crippen molar-refractivity contribution in [1.29, 1.82) is 0 Å². The fourth-order valence-electron chi connectivity index (χ4n) is 2.34. The topological polar surface area (TPSA) is 49.3 Å². The number of benzene rings is 1. The summed E-state index contributed by atoms with van der Waals surface area (Å²) in [5.41, 5.74) is -0.580. The van der Waals surface area contributed by atoms with E-state index in [0.717, 1.165) is 0 Å². The number of para-hydroxylation sites is 1. The van der Waals surface area contributed by atoms with Crippen molar-refractivity contribution in [3.8, 4) is 0 Å². The third-order valence-electron chi connectivity index (χ3n) is 3.52. The van der Waals surface area contributed by atoms with Gasteiger partial charge in [-0.2, -0.15) is 22.0 Å². The van der Waals surface area contributed by atoms with E-state index in [1.54, 1.807) is 30.3 Å². The van der Waals surface area contributed by atoms with Crippen molar-refractivity contribution in [3.05, 3.63) is 41.6 Å². The van der Waals surface area contributed by atoms with Gasteiger partial charge in [-0.1, -0.05) is 18.2 Å². The van der Waals surface area contributed by atoms with Crippen LogP contribution >= 0.6 is 0 Å². The summed E-state index contributed by atoms with van der Waals surface area (Å²) in [5, 5.41) is 12.2. The SMILES string of the molecule is O=C1CCCC(Nc2ccccc2)=C1C(O)C(F)(F)C(F)(F)F. The molecule has 0 saturated carbocycles. The Morgan fingerprint density at radius 1 is 1.04 bits per heavy atom. The number of allylic oxidation sites excluding steroid dienone is 1. The third-order valence-corrected chi connectivity index (χ3v) is 3.52. The summed E-state index contributed by atoms with van der Waals surface area (Å²) in [5.74, 6) is -6.31. The van der Waals surface area contributed by atoms with E-state index in [-0.39, 0.29) is 18.5 Å². The number of nitrogens with one attached hydrogen (secondary N) is 1. The summed E-state index contributed by atoms with van der Waals surface area (Å²) in [7, 11) is 0. The lowest BCUT2D eigenvalue weighted by Crippen LogP contribution is -2.50. The van der Waals surface area contributed by atoms with Crippen LogP contribution in [0.5, 0.6) is 0 Å². The summed E-state index contributed by atoms with van der Waals surface area (Å²) < 4.78 is 64.2. The number of ketones is 1. The Morgan fingerprint density at radius 2 is 1.65 bits per heavy atom. The zero-order chi connectivity index (χ0) is 17.3. The Bertz CT molecular complexity index is 610. The molecule has 126 valence electrons. The van der Waals surface area contributed by atoms with Crippen LogP contribution < -0.4 is 5.32 Å². The van der Waals surface area contributed by atoms with Gasteiger partial charge in [0, 0.05) is 23.4 Å². The number of hydrogen-bond acceptors (Lipinski definition) is 3. The number of carbonyl (C=O) groups excluding carboxylic acids is 1. The van der Waals surface area contributed by atoms with Crippen LogP contribution in [0.1, 0.15) is 19.3 Å². The van der Waals surface area contributed by atoms with Gasteiger partial charge in [-0.25, -0.2) is 0 Å². The minimum atomic E-state index is -5.95. The first-order valence-electron chi connectivity index (χ1n) is 6.85. The second-order valence-electron chi connectivity index (χ2n) is 5.18. The van der Waals surface area contributed by atoms with Crippen molar-refractivity contribution < 1.29 is 31.9 Å². The molecule has 0 fully saturated rings. The number of aliphatic hydroxyl groups excluding tert-OH is 1. The third kappa shape index (κ3) is 3.52. The highest BCUT2D eigenvalue weighted by Crippen LogP contribution is 2.42. The van der Waals surface area contributed by atoms with Crippen molar-refractivity contribution in [2.45, 2.75) is 37.5 Å². The molecule has 8 heteroatoms. The minimum Gasteiger partial charge on any atom is -0.381 e. The quantitative estimate of drug-likeness (QED) is 0.826. The monoisotopic (exact) mass is 335 g/mol. The molecule has 0 spiro atoms. The van der Waals surface area contributed by atoms with Gasteiger partial charge in [0.1, 0.15) is 0 Å². The first kappa shape index (κ1) is 17.4. The summed E-state index contributed by atoms with van der Waals surface area (Å²) in [4.78, 5) is 11.9. The predicted molar refractivity (Wildman–Crippen MR) is 73.0 cm³/mol. The smallest absolute Gasteiger partial charge is 0.381 e. The highest BCUT2D eigenvalue weighted by atomic mass is 19.4. The molecule has 1 aromatic rings. The van der Waals surface area contributed by atoms with Crippen LogP contribution in [0, 0.1) is 0 Å². The number of halogens is 5. The standard InChI is InChI=1S/C15H14F5NO2/c16-14(17,15(18,19)20)13(23)12-10(7-4-8-11(12)22)21-9-5-2-1-3-6-9/h1-3,5-6,13,21,23H,4,7-8H2. The Balaban J connectivity index is 2.42. The minimum absolute atomic E-state index is 0.0982. The van der Waals surface area contributed by atoms with Crippen molar-refractivity contribution in [2.24, 2.45) is 0 Å². The Morgan fingerprint density at radius 3 is 2.22 bits per heavy atom. The molecule has 0 bridgehead atoms. The number of hydrogen-bond donors (Lipinski definition) is 2. The molecular formula is C15H14F5NO2. The Hall–Kier alpha value is -1.96. The van der Waals surface area contributed by atoms with E-state index >= 15 is 0 Å². The number of anilines is 1. The van der Waals surface area contributed by atoms with E-state index in [1.807, 2.05) is 0 Å². The molecule has 1 aromatic carbocycles. The largest absolute Gasteiger partial charge is 0.456 e. The molecule has 0 saturated heterocycles. The van der Waals surface area contributed by atoms with Crippen molar-refractivity contribution in [3.63, 3.8) is 0 Å². The van der Waals surface area contributed by atoms with Crippen LogP contribution in [-0.2, 0) is 4.79 Å². The number of rotatable bonds is 4. The van der Waals surface area contributed by atoms with E-state index in [0.29, 0.717) is 12.1 Å². The molecule has 2 rings (SSSR count). The van der Waals surface area contributed by atoms with Gasteiger partial charge < -0.3 is 10.4 Å². The van der Waals surface area contributed by atoms with E-state index in [1.165, 1.54) is 0 Å². The van der Waals surface area contributed by atoms with Crippen LogP contribution in [0.25, 0.3) is 0 Å². The molecule has 3 nitrogen and oxygen atoms in total. The Kier molecular flexibility index (Phi) is 4.74. The molecule has 0 heterocycles. The van der Waals surface area contributed by atoms with Gasteiger partial charge in [-0.3, -0.25) is 4.79 Å². The number of carbonyl (C=O) groups is 1. The van der Waals surface area contributed by atoms with E-state index in [2.05, 4.69) is 5.32 Å².